The van der Waals surface area contributed by atoms with Crippen LogP contribution in [0.2, 0.25) is 0 Å². The van der Waals surface area contributed by atoms with E-state index >= 15 is 0 Å². The molecule has 1 fully saturated rings. The Kier molecular flexibility index (Phi) is 7.63. The maximum atomic E-state index is 13.8. The molecule has 0 radical (unpaired) electrons. The summed E-state index contributed by atoms with van der Waals surface area (Å²) in [5.41, 5.74) is 2.21. The molecule has 0 aliphatic carbocycles. The van der Waals surface area contributed by atoms with Crippen LogP contribution in [0.15, 0.2) is 66.7 Å². The summed E-state index contributed by atoms with van der Waals surface area (Å²) in [6.07, 6.45) is 3.80. The fourth-order valence-corrected chi connectivity index (χ4v) is 5.94. The minimum atomic E-state index is -0.442. The molecule has 1 aliphatic rings. The maximum Gasteiger partial charge on any atom is 0.337 e. The molecule has 3 aromatic carbocycles. The molecule has 1 aliphatic heterocycles. The van der Waals surface area contributed by atoms with Crippen LogP contribution in [0.5, 0.6) is 5.75 Å². The minimum absolute atomic E-state index is 0.142. The zero-order chi connectivity index (χ0) is 25.8. The first kappa shape index (κ1) is 25.1. The molecule has 190 valence electrons. The summed E-state index contributed by atoms with van der Waals surface area (Å²) >= 11 is 1.40. The highest BCUT2D eigenvalue weighted by atomic mass is 32.1. The molecular formula is C30H28FNO4S. The predicted octanol–water partition coefficient (Wildman–Crippen LogP) is 6.59. The number of fused-ring (bicyclic) bond motifs is 1. The molecule has 1 aromatic heterocycles. The van der Waals surface area contributed by atoms with E-state index in [0.29, 0.717) is 23.3 Å². The van der Waals surface area contributed by atoms with Gasteiger partial charge in [0, 0.05) is 32.6 Å². The Balaban J connectivity index is 1.42. The molecule has 0 saturated carbocycles. The third kappa shape index (κ3) is 5.58. The zero-order valence-electron chi connectivity index (χ0n) is 20.7. The van der Waals surface area contributed by atoms with E-state index in [0.717, 1.165) is 45.9 Å². The summed E-state index contributed by atoms with van der Waals surface area (Å²) < 4.78 is 25.2. The van der Waals surface area contributed by atoms with Gasteiger partial charge in [0.2, 0.25) is 0 Å². The number of hydrogen-bond acceptors (Lipinski definition) is 6. The lowest BCUT2D eigenvalue weighted by molar-refractivity contribution is 0.0601. The van der Waals surface area contributed by atoms with Crippen LogP contribution >= 0.6 is 11.3 Å². The number of ether oxygens (including phenoxy) is 2. The summed E-state index contributed by atoms with van der Waals surface area (Å²) in [6, 6.07) is 18.5. The van der Waals surface area contributed by atoms with Gasteiger partial charge in [0.25, 0.3) is 0 Å². The van der Waals surface area contributed by atoms with Gasteiger partial charge in [0.1, 0.15) is 18.2 Å². The third-order valence-corrected chi connectivity index (χ3v) is 7.89. The largest absolute Gasteiger partial charge is 0.492 e. The number of nitrogens with zero attached hydrogens (tertiary/aromatic N) is 1. The van der Waals surface area contributed by atoms with Crippen LogP contribution in [-0.4, -0.2) is 50.0 Å². The Morgan fingerprint density at radius 1 is 0.919 bits per heavy atom. The molecule has 0 atom stereocenters. The van der Waals surface area contributed by atoms with E-state index in [2.05, 4.69) is 4.90 Å². The number of carbonyl (C=O) groups is 2. The molecule has 5 rings (SSSR count). The Morgan fingerprint density at radius 2 is 1.62 bits per heavy atom. The topological polar surface area (TPSA) is 55.8 Å². The second-order valence-corrected chi connectivity index (χ2v) is 10.2. The lowest BCUT2D eigenvalue weighted by atomic mass is 9.97. The fraction of sp³-hybridized carbons (Fsp3) is 0.267. The molecule has 0 bridgehead atoms. The van der Waals surface area contributed by atoms with Gasteiger partial charge in [-0.2, -0.15) is 0 Å². The lowest BCUT2D eigenvalue weighted by Crippen LogP contribution is -2.33. The number of ketones is 1. The van der Waals surface area contributed by atoms with Crippen molar-refractivity contribution in [2.24, 2.45) is 0 Å². The van der Waals surface area contributed by atoms with Crippen LogP contribution in [0.1, 0.15) is 45.5 Å². The predicted molar refractivity (Wildman–Crippen MR) is 144 cm³/mol. The van der Waals surface area contributed by atoms with Crippen molar-refractivity contribution in [2.45, 2.75) is 19.3 Å². The standard InChI is InChI=1S/C30H28FNO4S/c1-35-30(34)22-9-14-25-26(19-22)37-29(21-5-10-23(31)11-6-21)27(25)28(33)20-7-12-24(13-8-20)36-18-17-32-15-3-2-4-16-32/h5-14,19H,2-4,15-18H2,1H3. The summed E-state index contributed by atoms with van der Waals surface area (Å²) in [7, 11) is 1.33. The van der Waals surface area contributed by atoms with Crippen molar-refractivity contribution in [1.82, 2.24) is 4.90 Å². The highest BCUT2D eigenvalue weighted by Crippen LogP contribution is 2.40. The van der Waals surface area contributed by atoms with Crippen LogP contribution in [0.25, 0.3) is 20.5 Å². The molecule has 5 nitrogen and oxygen atoms in total. The summed E-state index contributed by atoms with van der Waals surface area (Å²) in [5, 5.41) is 0.740. The first-order chi connectivity index (χ1) is 18.0. The molecule has 1 saturated heterocycles. The normalized spacial score (nSPS) is 14.0. The molecule has 0 unspecified atom stereocenters. The number of carbonyl (C=O) groups excluding carboxylic acids is 2. The van der Waals surface area contributed by atoms with E-state index in [9.17, 15) is 14.0 Å². The number of halogens is 1. The molecule has 0 amide bonds. The van der Waals surface area contributed by atoms with E-state index in [1.807, 2.05) is 12.1 Å². The fourth-order valence-electron chi connectivity index (χ4n) is 4.69. The van der Waals surface area contributed by atoms with Gasteiger partial charge in [-0.05, 0) is 80.0 Å². The van der Waals surface area contributed by atoms with Crippen LogP contribution in [-0.2, 0) is 4.74 Å². The monoisotopic (exact) mass is 517 g/mol. The second kappa shape index (κ2) is 11.2. The van der Waals surface area contributed by atoms with Gasteiger partial charge in [0.05, 0.1) is 12.7 Å². The van der Waals surface area contributed by atoms with E-state index in [1.54, 1.807) is 42.5 Å². The van der Waals surface area contributed by atoms with E-state index < -0.39 is 5.97 Å². The number of esters is 1. The SMILES string of the molecule is COC(=O)c1ccc2c(C(=O)c3ccc(OCCN4CCCCC4)cc3)c(-c3ccc(F)cc3)sc2c1. The van der Waals surface area contributed by atoms with Crippen molar-refractivity contribution < 1.29 is 23.5 Å². The van der Waals surface area contributed by atoms with Crippen molar-refractivity contribution >= 4 is 33.2 Å². The smallest absolute Gasteiger partial charge is 0.337 e. The number of rotatable bonds is 8. The zero-order valence-corrected chi connectivity index (χ0v) is 21.5. The van der Waals surface area contributed by atoms with E-state index in [4.69, 9.17) is 9.47 Å². The van der Waals surface area contributed by atoms with Crippen molar-refractivity contribution in [3.8, 4) is 16.2 Å². The maximum absolute atomic E-state index is 13.8. The van der Waals surface area contributed by atoms with Crippen LogP contribution < -0.4 is 4.74 Å². The van der Waals surface area contributed by atoms with Gasteiger partial charge in [0.15, 0.2) is 5.78 Å². The summed E-state index contributed by atoms with van der Waals surface area (Å²) in [6.45, 7) is 3.77. The lowest BCUT2D eigenvalue weighted by Gasteiger charge is -2.26. The molecule has 37 heavy (non-hydrogen) atoms. The van der Waals surface area contributed by atoms with Gasteiger partial charge in [-0.3, -0.25) is 9.69 Å². The highest BCUT2D eigenvalue weighted by Gasteiger charge is 2.23. The molecule has 0 spiro atoms. The molecule has 2 heterocycles. The van der Waals surface area contributed by atoms with Crippen LogP contribution in [0.4, 0.5) is 4.39 Å². The first-order valence-electron chi connectivity index (χ1n) is 12.4. The average Bonchev–Trinajstić information content (AvgIpc) is 3.32. The van der Waals surface area contributed by atoms with Gasteiger partial charge in [-0.1, -0.05) is 24.6 Å². The summed E-state index contributed by atoms with van der Waals surface area (Å²) in [4.78, 5) is 29.0. The van der Waals surface area contributed by atoms with Gasteiger partial charge in [-0.25, -0.2) is 9.18 Å². The first-order valence-corrected chi connectivity index (χ1v) is 13.3. The minimum Gasteiger partial charge on any atom is -0.492 e. The Bertz CT molecular complexity index is 1410. The second-order valence-electron chi connectivity index (χ2n) is 9.12. The number of likely N-dealkylation sites (tertiary alicyclic amines) is 1. The number of benzene rings is 3. The van der Waals surface area contributed by atoms with Crippen LogP contribution in [0.3, 0.4) is 0 Å². The number of piperidine rings is 1. The highest BCUT2D eigenvalue weighted by molar-refractivity contribution is 7.22. The van der Waals surface area contributed by atoms with Gasteiger partial charge >= 0.3 is 5.97 Å². The Hall–Kier alpha value is -3.55. The van der Waals surface area contributed by atoms with E-state index in [1.165, 1.54) is 49.8 Å². The van der Waals surface area contributed by atoms with Crippen molar-refractivity contribution in [3.05, 3.63) is 89.2 Å². The Labute approximate surface area is 219 Å². The van der Waals surface area contributed by atoms with Crippen molar-refractivity contribution in [1.29, 1.82) is 0 Å². The van der Waals surface area contributed by atoms with Gasteiger partial charge in [-0.15, -0.1) is 11.3 Å². The quantitative estimate of drug-likeness (QED) is 0.195. The summed E-state index contributed by atoms with van der Waals surface area (Å²) in [5.74, 6) is -0.203. The van der Waals surface area contributed by atoms with Crippen LogP contribution in [0, 0.1) is 5.82 Å². The van der Waals surface area contributed by atoms with Crippen molar-refractivity contribution in [3.63, 3.8) is 0 Å². The average molecular weight is 518 g/mol. The number of methoxy groups -OCH3 is 1. The molecule has 4 aromatic rings. The number of hydrogen-bond donors (Lipinski definition) is 0. The van der Waals surface area contributed by atoms with E-state index in [-0.39, 0.29) is 11.6 Å². The van der Waals surface area contributed by atoms with Crippen molar-refractivity contribution in [2.75, 3.05) is 33.4 Å². The number of thiophene rings is 1. The Morgan fingerprint density at radius 3 is 2.32 bits per heavy atom. The molecular weight excluding hydrogens is 489 g/mol. The molecule has 0 N–H and O–H groups in total. The molecule has 7 heteroatoms. The third-order valence-electron chi connectivity index (χ3n) is 6.69. The van der Waals surface area contributed by atoms with Gasteiger partial charge < -0.3 is 9.47 Å².